The lowest BCUT2D eigenvalue weighted by molar-refractivity contribution is -0.137. The van der Waals surface area contributed by atoms with Gasteiger partial charge in [0.2, 0.25) is 0 Å². The van der Waals surface area contributed by atoms with E-state index < -0.39 is 30.0 Å². The summed E-state index contributed by atoms with van der Waals surface area (Å²) in [6.45, 7) is 3.24. The van der Waals surface area contributed by atoms with Crippen LogP contribution in [0.1, 0.15) is 25.8 Å². The molecule has 1 aromatic rings. The Bertz CT molecular complexity index is 506. The molecule has 0 radical (unpaired) electrons. The van der Waals surface area contributed by atoms with Crippen molar-refractivity contribution < 1.29 is 32.5 Å². The zero-order valence-corrected chi connectivity index (χ0v) is 12.9. The average Bonchev–Trinajstić information content (AvgIpc) is 2.48. The minimum absolute atomic E-state index is 0.0454. The molecule has 0 saturated carbocycles. The molecule has 1 rings (SSSR count). The summed E-state index contributed by atoms with van der Waals surface area (Å²) < 4.78 is 48.1. The number of carbonyl (C=O) groups is 1. The van der Waals surface area contributed by atoms with E-state index in [0.717, 1.165) is 12.1 Å². The fourth-order valence-corrected chi connectivity index (χ4v) is 1.61. The van der Waals surface area contributed by atoms with Crippen molar-refractivity contribution in [1.29, 1.82) is 0 Å². The van der Waals surface area contributed by atoms with Gasteiger partial charge in [-0.15, -0.1) is 0 Å². The number of aliphatic hydroxyl groups is 1. The first kappa shape index (κ1) is 19.1. The van der Waals surface area contributed by atoms with Gasteiger partial charge in [0.1, 0.15) is 18.5 Å². The third-order valence-corrected chi connectivity index (χ3v) is 2.87. The summed E-state index contributed by atoms with van der Waals surface area (Å²) in [5, 5.41) is 11.4. The Kier molecular flexibility index (Phi) is 7.15. The molecule has 2 N–H and O–H groups in total. The largest absolute Gasteiger partial charge is 0.490 e. The van der Waals surface area contributed by atoms with Crippen molar-refractivity contribution in [2.75, 3.05) is 13.2 Å². The number of alkyl carbamates (subject to hydrolysis) is 1. The number of amides is 1. The van der Waals surface area contributed by atoms with Gasteiger partial charge in [-0.2, -0.15) is 13.2 Å². The minimum atomic E-state index is -4.44. The van der Waals surface area contributed by atoms with Crippen LogP contribution in [-0.4, -0.2) is 36.6 Å². The Balaban J connectivity index is 2.53. The molecule has 5 nitrogen and oxygen atoms in total. The Morgan fingerprint density at radius 2 is 2.09 bits per heavy atom. The molecule has 130 valence electrons. The summed E-state index contributed by atoms with van der Waals surface area (Å²) in [7, 11) is 0. The zero-order chi connectivity index (χ0) is 17.5. The lowest BCUT2D eigenvalue weighted by atomic mass is 10.2. The third kappa shape index (κ3) is 7.23. The Hall–Kier alpha value is -1.96. The Labute approximate surface area is 132 Å². The van der Waals surface area contributed by atoms with Crippen LogP contribution in [0, 0.1) is 0 Å². The number of benzene rings is 1. The molecule has 0 aromatic heterocycles. The fraction of sp³-hybridized carbons (Fsp3) is 0.533. The van der Waals surface area contributed by atoms with E-state index in [1.807, 2.05) is 0 Å². The van der Waals surface area contributed by atoms with Crippen molar-refractivity contribution in [1.82, 2.24) is 5.32 Å². The maximum absolute atomic E-state index is 12.6. The lowest BCUT2D eigenvalue weighted by Crippen LogP contribution is -2.35. The Morgan fingerprint density at radius 1 is 1.39 bits per heavy atom. The molecule has 0 heterocycles. The number of nitrogens with one attached hydrogen (secondary N) is 1. The normalized spacial score (nSPS) is 14.0. The van der Waals surface area contributed by atoms with Crippen LogP contribution in [0.3, 0.4) is 0 Å². The van der Waals surface area contributed by atoms with Crippen LogP contribution in [0.15, 0.2) is 24.3 Å². The Morgan fingerprint density at radius 3 is 2.65 bits per heavy atom. The van der Waals surface area contributed by atoms with Gasteiger partial charge >= 0.3 is 12.3 Å². The summed E-state index contributed by atoms with van der Waals surface area (Å²) in [4.78, 5) is 11.5. The number of hydrogen-bond donors (Lipinski definition) is 2. The predicted molar refractivity (Wildman–Crippen MR) is 77.2 cm³/mol. The van der Waals surface area contributed by atoms with Crippen molar-refractivity contribution in [3.8, 4) is 5.75 Å². The molecular formula is C15H20F3NO4. The van der Waals surface area contributed by atoms with Gasteiger partial charge in [-0.3, -0.25) is 0 Å². The van der Waals surface area contributed by atoms with Crippen molar-refractivity contribution in [3.63, 3.8) is 0 Å². The van der Waals surface area contributed by atoms with E-state index in [0.29, 0.717) is 6.42 Å². The van der Waals surface area contributed by atoms with Crippen LogP contribution in [0.25, 0.3) is 0 Å². The molecule has 8 heteroatoms. The number of rotatable bonds is 7. The van der Waals surface area contributed by atoms with Crippen molar-refractivity contribution in [2.24, 2.45) is 0 Å². The number of carbonyl (C=O) groups excluding carboxylic acids is 1. The number of hydrogen-bond acceptors (Lipinski definition) is 4. The molecule has 0 fully saturated rings. The molecule has 0 saturated heterocycles. The van der Waals surface area contributed by atoms with Crippen molar-refractivity contribution >= 4 is 6.09 Å². The summed E-state index contributed by atoms with van der Waals surface area (Å²) in [5.74, 6) is 0.0475. The second-order valence-electron chi connectivity index (χ2n) is 5.00. The molecule has 2 atom stereocenters. The van der Waals surface area contributed by atoms with Gasteiger partial charge in [-0.1, -0.05) is 13.0 Å². The number of ether oxygens (including phenoxy) is 2. The molecule has 1 aromatic carbocycles. The van der Waals surface area contributed by atoms with Gasteiger partial charge < -0.3 is 19.9 Å². The first-order chi connectivity index (χ1) is 10.7. The maximum Gasteiger partial charge on any atom is 0.416 e. The van der Waals surface area contributed by atoms with Gasteiger partial charge in [0.05, 0.1) is 11.7 Å². The molecule has 0 aliphatic heterocycles. The zero-order valence-electron chi connectivity index (χ0n) is 12.9. The van der Waals surface area contributed by atoms with Crippen LogP contribution in [0.5, 0.6) is 5.75 Å². The predicted octanol–water partition coefficient (Wildman–Crippen LogP) is 2.97. The number of aliphatic hydroxyl groups excluding tert-OH is 1. The van der Waals surface area contributed by atoms with E-state index in [2.05, 4.69) is 5.32 Å². The van der Waals surface area contributed by atoms with Gasteiger partial charge in [-0.25, -0.2) is 4.79 Å². The first-order valence-electron chi connectivity index (χ1n) is 7.15. The summed E-state index contributed by atoms with van der Waals surface area (Å²) >= 11 is 0. The van der Waals surface area contributed by atoms with Gasteiger partial charge in [0.25, 0.3) is 0 Å². The fourth-order valence-electron chi connectivity index (χ4n) is 1.61. The van der Waals surface area contributed by atoms with Crippen LogP contribution in [-0.2, 0) is 10.9 Å². The highest BCUT2D eigenvalue weighted by Crippen LogP contribution is 2.31. The smallest absolute Gasteiger partial charge is 0.416 e. The lowest BCUT2D eigenvalue weighted by Gasteiger charge is -2.18. The second-order valence-corrected chi connectivity index (χ2v) is 5.00. The summed E-state index contributed by atoms with van der Waals surface area (Å²) in [6, 6.07) is 4.48. The summed E-state index contributed by atoms with van der Waals surface area (Å²) in [6.07, 6.45) is -6.05. The monoisotopic (exact) mass is 335 g/mol. The second kappa shape index (κ2) is 8.61. The minimum Gasteiger partial charge on any atom is -0.490 e. The average molecular weight is 335 g/mol. The highest BCUT2D eigenvalue weighted by Gasteiger charge is 2.30. The molecule has 23 heavy (non-hydrogen) atoms. The van der Waals surface area contributed by atoms with Crippen LogP contribution in [0.2, 0.25) is 0 Å². The highest BCUT2D eigenvalue weighted by molar-refractivity contribution is 5.67. The van der Waals surface area contributed by atoms with E-state index in [1.165, 1.54) is 19.1 Å². The molecule has 0 bridgehead atoms. The maximum atomic E-state index is 12.6. The third-order valence-electron chi connectivity index (χ3n) is 2.87. The van der Waals surface area contributed by atoms with Gasteiger partial charge in [0, 0.05) is 6.54 Å². The van der Waals surface area contributed by atoms with Crippen molar-refractivity contribution in [3.05, 3.63) is 29.8 Å². The van der Waals surface area contributed by atoms with E-state index in [9.17, 15) is 18.0 Å². The summed E-state index contributed by atoms with van der Waals surface area (Å²) in [5.41, 5.74) is -0.807. The number of halogens is 3. The molecule has 1 amide bonds. The molecule has 0 spiro atoms. The first-order valence-corrected chi connectivity index (χ1v) is 7.15. The highest BCUT2D eigenvalue weighted by atomic mass is 19.4. The van der Waals surface area contributed by atoms with Crippen LogP contribution >= 0.6 is 0 Å². The topological polar surface area (TPSA) is 67.8 Å². The van der Waals surface area contributed by atoms with Crippen LogP contribution in [0.4, 0.5) is 18.0 Å². The quantitative estimate of drug-likeness (QED) is 0.804. The van der Waals surface area contributed by atoms with Crippen molar-refractivity contribution in [2.45, 2.75) is 38.7 Å². The van der Waals surface area contributed by atoms with Gasteiger partial charge in [-0.05, 0) is 31.5 Å². The van der Waals surface area contributed by atoms with Crippen LogP contribution < -0.4 is 10.1 Å². The van der Waals surface area contributed by atoms with E-state index >= 15 is 0 Å². The van der Waals surface area contributed by atoms with E-state index in [4.69, 9.17) is 14.6 Å². The number of alkyl halides is 3. The van der Waals surface area contributed by atoms with E-state index in [1.54, 1.807) is 6.92 Å². The molecular weight excluding hydrogens is 315 g/mol. The molecule has 0 aliphatic carbocycles. The SMILES string of the molecule is CCC(COc1cccc(C(F)(F)F)c1)OC(=O)NCC(C)O. The van der Waals surface area contributed by atoms with Gasteiger partial charge in [0.15, 0.2) is 0 Å². The standard InChI is InChI=1S/C15H20F3NO4/c1-3-12(23-14(21)19-8-10(2)20)9-22-13-6-4-5-11(7-13)15(16,17)18/h4-7,10,12,20H,3,8-9H2,1-2H3,(H,19,21). The molecule has 0 aliphatic rings. The van der Waals surface area contributed by atoms with E-state index in [-0.39, 0.29) is 18.9 Å². The molecule has 2 unspecified atom stereocenters.